The third-order valence-corrected chi connectivity index (χ3v) is 7.39. The van der Waals surface area contributed by atoms with E-state index in [0.29, 0.717) is 17.1 Å². The number of hydrogen-bond donors (Lipinski definition) is 3. The molecule has 2 fully saturated rings. The van der Waals surface area contributed by atoms with E-state index in [4.69, 9.17) is 15.5 Å². The summed E-state index contributed by atoms with van der Waals surface area (Å²) >= 11 is 0. The lowest BCUT2D eigenvalue weighted by molar-refractivity contribution is 0.122. The van der Waals surface area contributed by atoms with Crippen molar-refractivity contribution in [3.8, 4) is 11.8 Å². The van der Waals surface area contributed by atoms with Crippen LogP contribution in [-0.2, 0) is 6.42 Å². The first-order chi connectivity index (χ1) is 16.5. The van der Waals surface area contributed by atoms with Crippen LogP contribution in [0.1, 0.15) is 32.0 Å². The molecule has 1 unspecified atom stereocenters. The maximum absolute atomic E-state index is 14.5. The minimum absolute atomic E-state index is 0.121. The number of rotatable bonds is 5. The zero-order valence-corrected chi connectivity index (χ0v) is 19.2. The van der Waals surface area contributed by atoms with Gasteiger partial charge in [-0.15, -0.1) is 0 Å². The molecule has 0 bridgehead atoms. The minimum atomic E-state index is -0.323. The molecule has 4 heterocycles. The van der Waals surface area contributed by atoms with Crippen LogP contribution < -0.4 is 20.7 Å². The molecule has 9 nitrogen and oxygen atoms in total. The number of nitrogens with one attached hydrogen (secondary N) is 2. The predicted octanol–water partition coefficient (Wildman–Crippen LogP) is 3.75. The third kappa shape index (κ3) is 3.24. The van der Waals surface area contributed by atoms with Crippen LogP contribution in [0.15, 0.2) is 24.5 Å². The molecule has 3 aromatic heterocycles. The fourth-order valence-electron chi connectivity index (χ4n) is 5.28. The maximum atomic E-state index is 14.5. The summed E-state index contributed by atoms with van der Waals surface area (Å²) in [6.07, 6.45) is 7.18. The van der Waals surface area contributed by atoms with Crippen molar-refractivity contribution in [2.45, 2.75) is 38.6 Å². The number of ether oxygens (including phenoxy) is 1. The van der Waals surface area contributed by atoms with E-state index in [0.717, 1.165) is 66.7 Å². The topological polar surface area (TPSA) is 118 Å². The Labute approximate surface area is 196 Å². The van der Waals surface area contributed by atoms with Gasteiger partial charge in [-0.1, -0.05) is 6.92 Å². The summed E-state index contributed by atoms with van der Waals surface area (Å²) in [6, 6.07) is 3.39. The molecule has 1 saturated heterocycles. The Morgan fingerprint density at radius 3 is 2.74 bits per heavy atom. The predicted molar refractivity (Wildman–Crippen MR) is 129 cm³/mol. The molecule has 34 heavy (non-hydrogen) atoms. The lowest BCUT2D eigenvalue weighted by Gasteiger charge is -2.44. The Hall–Kier alpha value is -3.53. The van der Waals surface area contributed by atoms with E-state index >= 15 is 0 Å². The monoisotopic (exact) mass is 462 g/mol. The number of anilines is 2. The van der Waals surface area contributed by atoms with Gasteiger partial charge < -0.3 is 25.7 Å². The Balaban J connectivity index is 1.49. The van der Waals surface area contributed by atoms with Gasteiger partial charge in [0.2, 0.25) is 0 Å². The van der Waals surface area contributed by atoms with E-state index in [1.165, 1.54) is 12.1 Å². The second kappa shape index (κ2) is 7.76. The number of halogens is 1. The van der Waals surface area contributed by atoms with Crippen molar-refractivity contribution in [2.75, 3.05) is 30.4 Å². The molecule has 10 heteroatoms. The molecule has 0 radical (unpaired) electrons. The van der Waals surface area contributed by atoms with Crippen molar-refractivity contribution in [1.82, 2.24) is 24.9 Å². The first kappa shape index (κ1) is 21.0. The van der Waals surface area contributed by atoms with Crippen LogP contribution in [0.5, 0.6) is 11.8 Å². The van der Waals surface area contributed by atoms with Crippen LogP contribution in [-0.4, -0.2) is 51.1 Å². The molecular weight excluding hydrogens is 435 g/mol. The van der Waals surface area contributed by atoms with Gasteiger partial charge in [0.05, 0.1) is 29.0 Å². The van der Waals surface area contributed by atoms with Crippen molar-refractivity contribution in [3.63, 3.8) is 0 Å². The van der Waals surface area contributed by atoms with Crippen LogP contribution in [0, 0.1) is 11.2 Å². The number of aromatic nitrogens is 5. The van der Waals surface area contributed by atoms with Gasteiger partial charge in [-0.05, 0) is 31.4 Å². The first-order valence-corrected chi connectivity index (χ1v) is 11.7. The Morgan fingerprint density at radius 2 is 2.09 bits per heavy atom. The number of nitrogens with two attached hydrogens (primary N) is 1. The standard InChI is InChI=1S/C24H27FN8O/c1-3-18-28-10-14(11-29-18)34-23-31-21-19(15-8-13(25)9-16(27-2)20(15)30-21)22(32-23)33-7-6-24(12-33)5-4-17(24)26/h8-11,17,27H,3-7,12,26H2,1-2H3,(H,30,31,32)/t17-,24?/m1/s1. The lowest BCUT2D eigenvalue weighted by atomic mass is 9.64. The van der Waals surface area contributed by atoms with Crippen LogP contribution in [0.2, 0.25) is 0 Å². The molecule has 1 saturated carbocycles. The molecule has 2 atom stereocenters. The number of H-pyrrole nitrogens is 1. The highest BCUT2D eigenvalue weighted by Crippen LogP contribution is 2.49. The van der Waals surface area contributed by atoms with Gasteiger partial charge in [0.1, 0.15) is 23.1 Å². The molecule has 4 aromatic rings. The van der Waals surface area contributed by atoms with Gasteiger partial charge in [-0.25, -0.2) is 14.4 Å². The molecule has 6 rings (SSSR count). The van der Waals surface area contributed by atoms with Gasteiger partial charge in [0.15, 0.2) is 5.75 Å². The van der Waals surface area contributed by atoms with Gasteiger partial charge >= 0.3 is 6.01 Å². The zero-order valence-electron chi connectivity index (χ0n) is 19.2. The van der Waals surface area contributed by atoms with Gasteiger partial charge in [-0.3, -0.25) is 0 Å². The number of nitrogens with zero attached hydrogens (tertiary/aromatic N) is 5. The number of hydrogen-bond acceptors (Lipinski definition) is 8. The minimum Gasteiger partial charge on any atom is -0.421 e. The highest BCUT2D eigenvalue weighted by atomic mass is 19.1. The number of aryl methyl sites for hydroxylation is 1. The van der Waals surface area contributed by atoms with E-state index in [9.17, 15) is 4.39 Å². The van der Waals surface area contributed by atoms with Crippen molar-refractivity contribution in [3.05, 3.63) is 36.2 Å². The number of aromatic amines is 1. The van der Waals surface area contributed by atoms with Crippen LogP contribution in [0.4, 0.5) is 15.9 Å². The van der Waals surface area contributed by atoms with E-state index < -0.39 is 0 Å². The summed E-state index contributed by atoms with van der Waals surface area (Å²) in [6.45, 7) is 3.64. The summed E-state index contributed by atoms with van der Waals surface area (Å²) in [4.78, 5) is 23.6. The fourth-order valence-corrected chi connectivity index (χ4v) is 5.28. The zero-order chi connectivity index (χ0) is 23.4. The van der Waals surface area contributed by atoms with Gasteiger partial charge in [-0.2, -0.15) is 9.97 Å². The number of benzene rings is 1. The Morgan fingerprint density at radius 1 is 1.26 bits per heavy atom. The summed E-state index contributed by atoms with van der Waals surface area (Å²) in [7, 11) is 1.77. The van der Waals surface area contributed by atoms with Gasteiger partial charge in [0, 0.05) is 43.4 Å². The molecular formula is C24H27FN8O. The molecule has 1 aliphatic carbocycles. The van der Waals surface area contributed by atoms with Gasteiger partial charge in [0.25, 0.3) is 0 Å². The van der Waals surface area contributed by atoms with Crippen LogP contribution in [0.3, 0.4) is 0 Å². The molecule has 1 spiro atoms. The highest BCUT2D eigenvalue weighted by Gasteiger charge is 2.49. The van der Waals surface area contributed by atoms with E-state index in [2.05, 4.69) is 30.2 Å². The maximum Gasteiger partial charge on any atom is 0.326 e. The van der Waals surface area contributed by atoms with Crippen LogP contribution in [0.25, 0.3) is 21.9 Å². The van der Waals surface area contributed by atoms with Crippen LogP contribution >= 0.6 is 0 Å². The number of fused-ring (bicyclic) bond motifs is 3. The Bertz CT molecular complexity index is 1390. The second-order valence-corrected chi connectivity index (χ2v) is 9.27. The highest BCUT2D eigenvalue weighted by molar-refractivity contribution is 6.14. The third-order valence-electron chi connectivity index (χ3n) is 7.39. The summed E-state index contributed by atoms with van der Waals surface area (Å²) < 4.78 is 20.5. The smallest absolute Gasteiger partial charge is 0.326 e. The summed E-state index contributed by atoms with van der Waals surface area (Å²) in [5.74, 6) is 1.59. The molecule has 1 aliphatic heterocycles. The average molecular weight is 463 g/mol. The second-order valence-electron chi connectivity index (χ2n) is 9.27. The van der Waals surface area contributed by atoms with E-state index in [1.807, 2.05) is 6.92 Å². The molecule has 2 aliphatic rings. The summed E-state index contributed by atoms with van der Waals surface area (Å²) in [5.41, 5.74) is 8.53. The van der Waals surface area contributed by atoms with Crippen molar-refractivity contribution in [1.29, 1.82) is 0 Å². The Kier molecular flexibility index (Phi) is 4.80. The lowest BCUT2D eigenvalue weighted by Crippen LogP contribution is -2.52. The van der Waals surface area contributed by atoms with E-state index in [1.54, 1.807) is 19.4 Å². The SMILES string of the molecule is CCc1ncc(Oc2nc(N3CCC4(CC[C@H]4N)C3)c3c(n2)[nH]c2c(NC)cc(F)cc23)cn1. The largest absolute Gasteiger partial charge is 0.421 e. The van der Waals surface area contributed by atoms with Crippen molar-refractivity contribution >= 4 is 33.4 Å². The molecule has 1 aromatic carbocycles. The molecule has 176 valence electrons. The molecule has 4 N–H and O–H groups in total. The van der Waals surface area contributed by atoms with Crippen molar-refractivity contribution < 1.29 is 9.13 Å². The van der Waals surface area contributed by atoms with Crippen molar-refractivity contribution in [2.24, 2.45) is 11.1 Å². The first-order valence-electron chi connectivity index (χ1n) is 11.7. The fraction of sp³-hybridized carbons (Fsp3) is 0.417. The van der Waals surface area contributed by atoms with E-state index in [-0.39, 0.29) is 23.3 Å². The molecule has 0 amide bonds. The average Bonchev–Trinajstić information content (AvgIpc) is 3.46. The summed E-state index contributed by atoms with van der Waals surface area (Å²) in [5, 5.41) is 4.58. The quantitative estimate of drug-likeness (QED) is 0.410. The normalized spacial score (nSPS) is 22.0.